The van der Waals surface area contributed by atoms with Crippen LogP contribution in [0.1, 0.15) is 15.9 Å². The van der Waals surface area contributed by atoms with E-state index in [0.29, 0.717) is 24.1 Å². The summed E-state index contributed by atoms with van der Waals surface area (Å²) < 4.78 is 3.35. The maximum Gasteiger partial charge on any atom is 0.335 e. The Morgan fingerprint density at radius 2 is 2.19 bits per heavy atom. The lowest BCUT2D eigenvalue weighted by Gasteiger charge is -2.04. The SMILES string of the molecule is Cc1cnn(CCn2c(=O)[nH]c3cc(C(=O)O)ccc32)c1. The van der Waals surface area contributed by atoms with E-state index in [9.17, 15) is 9.59 Å². The van der Waals surface area contributed by atoms with Crippen LogP contribution in [0.15, 0.2) is 35.4 Å². The molecule has 7 nitrogen and oxygen atoms in total. The van der Waals surface area contributed by atoms with E-state index in [1.807, 2.05) is 13.1 Å². The topological polar surface area (TPSA) is 92.9 Å². The summed E-state index contributed by atoms with van der Waals surface area (Å²) in [6, 6.07) is 4.60. The van der Waals surface area contributed by atoms with Crippen molar-refractivity contribution in [2.45, 2.75) is 20.0 Å². The first-order chi connectivity index (χ1) is 10.0. The largest absolute Gasteiger partial charge is 0.478 e. The summed E-state index contributed by atoms with van der Waals surface area (Å²) in [7, 11) is 0. The summed E-state index contributed by atoms with van der Waals surface area (Å²) in [6.45, 7) is 2.99. The lowest BCUT2D eigenvalue weighted by molar-refractivity contribution is 0.0697. The molecule has 0 aliphatic carbocycles. The quantitative estimate of drug-likeness (QED) is 0.754. The maximum absolute atomic E-state index is 12.0. The number of carboxylic acid groups (broad SMARTS) is 1. The van der Waals surface area contributed by atoms with E-state index >= 15 is 0 Å². The maximum atomic E-state index is 12.0. The first kappa shape index (κ1) is 13.2. The van der Waals surface area contributed by atoms with Crippen LogP contribution in [0.4, 0.5) is 0 Å². The minimum absolute atomic E-state index is 0.151. The van der Waals surface area contributed by atoms with Gasteiger partial charge in [-0.05, 0) is 30.7 Å². The van der Waals surface area contributed by atoms with Gasteiger partial charge in [-0.3, -0.25) is 9.25 Å². The molecule has 7 heteroatoms. The van der Waals surface area contributed by atoms with E-state index in [-0.39, 0.29) is 11.3 Å². The van der Waals surface area contributed by atoms with Crippen molar-refractivity contribution in [3.8, 4) is 0 Å². The van der Waals surface area contributed by atoms with Crippen molar-refractivity contribution in [2.24, 2.45) is 0 Å². The highest BCUT2D eigenvalue weighted by Gasteiger charge is 2.10. The molecule has 0 saturated carbocycles. The molecule has 0 bridgehead atoms. The smallest absolute Gasteiger partial charge is 0.335 e. The number of H-pyrrole nitrogens is 1. The van der Waals surface area contributed by atoms with Crippen molar-refractivity contribution < 1.29 is 9.90 Å². The zero-order valence-electron chi connectivity index (χ0n) is 11.4. The van der Waals surface area contributed by atoms with Gasteiger partial charge in [0.1, 0.15) is 0 Å². The van der Waals surface area contributed by atoms with Gasteiger partial charge in [0.05, 0.1) is 29.3 Å². The predicted molar refractivity (Wildman–Crippen MR) is 76.5 cm³/mol. The molecule has 0 atom stereocenters. The van der Waals surface area contributed by atoms with Crippen LogP contribution in [0.2, 0.25) is 0 Å². The summed E-state index contributed by atoms with van der Waals surface area (Å²) >= 11 is 0. The van der Waals surface area contributed by atoms with Crippen molar-refractivity contribution in [3.05, 3.63) is 52.2 Å². The fraction of sp³-hybridized carbons (Fsp3) is 0.214. The summed E-state index contributed by atoms with van der Waals surface area (Å²) in [5.74, 6) is -1.02. The third kappa shape index (κ3) is 2.45. The predicted octanol–water partition coefficient (Wildman–Crippen LogP) is 1.23. The number of hydrogen-bond acceptors (Lipinski definition) is 3. The zero-order valence-corrected chi connectivity index (χ0v) is 11.4. The van der Waals surface area contributed by atoms with E-state index in [2.05, 4.69) is 10.1 Å². The fourth-order valence-corrected chi connectivity index (χ4v) is 2.31. The number of carboxylic acids is 1. The van der Waals surface area contributed by atoms with Crippen molar-refractivity contribution in [1.82, 2.24) is 19.3 Å². The number of benzene rings is 1. The number of fused-ring (bicyclic) bond motifs is 1. The number of aromatic nitrogens is 4. The molecule has 0 unspecified atom stereocenters. The Bertz CT molecular complexity index is 872. The molecule has 3 rings (SSSR count). The number of aryl methyl sites for hydroxylation is 3. The molecule has 0 radical (unpaired) electrons. The van der Waals surface area contributed by atoms with Crippen molar-refractivity contribution in [2.75, 3.05) is 0 Å². The number of imidazole rings is 1. The van der Waals surface area contributed by atoms with Crippen LogP contribution < -0.4 is 5.69 Å². The first-order valence-corrected chi connectivity index (χ1v) is 6.49. The van der Waals surface area contributed by atoms with Gasteiger partial charge in [-0.2, -0.15) is 5.10 Å². The monoisotopic (exact) mass is 286 g/mol. The van der Waals surface area contributed by atoms with Gasteiger partial charge in [0.25, 0.3) is 0 Å². The molecule has 2 N–H and O–H groups in total. The van der Waals surface area contributed by atoms with Crippen molar-refractivity contribution in [1.29, 1.82) is 0 Å². The molecule has 0 aliphatic heterocycles. The fourth-order valence-electron chi connectivity index (χ4n) is 2.31. The van der Waals surface area contributed by atoms with Crippen LogP contribution >= 0.6 is 0 Å². The van der Waals surface area contributed by atoms with Gasteiger partial charge in [-0.1, -0.05) is 0 Å². The van der Waals surface area contributed by atoms with Crippen LogP contribution in [0, 0.1) is 6.92 Å². The second kappa shape index (κ2) is 4.93. The van der Waals surface area contributed by atoms with Crippen LogP contribution in [-0.4, -0.2) is 30.4 Å². The average molecular weight is 286 g/mol. The Balaban J connectivity index is 1.93. The number of rotatable bonds is 4. The van der Waals surface area contributed by atoms with Crippen LogP contribution in [0.3, 0.4) is 0 Å². The number of nitrogens with one attached hydrogen (secondary N) is 1. The van der Waals surface area contributed by atoms with Gasteiger partial charge >= 0.3 is 11.7 Å². The number of hydrogen-bond donors (Lipinski definition) is 2. The first-order valence-electron chi connectivity index (χ1n) is 6.49. The lowest BCUT2D eigenvalue weighted by atomic mass is 10.2. The molecule has 108 valence electrons. The van der Waals surface area contributed by atoms with Gasteiger partial charge in [0, 0.05) is 12.7 Å². The van der Waals surface area contributed by atoms with Crippen molar-refractivity contribution in [3.63, 3.8) is 0 Å². The van der Waals surface area contributed by atoms with Gasteiger partial charge in [0.2, 0.25) is 0 Å². The number of carbonyl (C=O) groups is 1. The standard InChI is InChI=1S/C14H14N4O3/c1-9-7-15-17(8-9)4-5-18-12-3-2-10(13(19)20)6-11(12)16-14(18)21/h2-3,6-8H,4-5H2,1H3,(H,16,21)(H,19,20). The van der Waals surface area contributed by atoms with E-state index in [1.54, 1.807) is 21.5 Å². The Morgan fingerprint density at radius 3 is 2.86 bits per heavy atom. The Labute approximate surface area is 119 Å². The molecule has 1 aromatic carbocycles. The Kier molecular flexibility index (Phi) is 3.09. The highest BCUT2D eigenvalue weighted by atomic mass is 16.4. The molecule has 0 fully saturated rings. The minimum atomic E-state index is -1.02. The van der Waals surface area contributed by atoms with E-state index in [4.69, 9.17) is 5.11 Å². The molecule has 2 aromatic heterocycles. The highest BCUT2D eigenvalue weighted by molar-refractivity contribution is 5.92. The van der Waals surface area contributed by atoms with Crippen LogP contribution in [-0.2, 0) is 13.1 Å². The summed E-state index contributed by atoms with van der Waals surface area (Å²) in [5.41, 5.74) is 2.17. The molecule has 21 heavy (non-hydrogen) atoms. The number of aromatic amines is 1. The summed E-state index contributed by atoms with van der Waals surface area (Å²) in [5, 5.41) is 13.1. The van der Waals surface area contributed by atoms with E-state index in [1.165, 1.54) is 12.1 Å². The molecule has 0 saturated heterocycles. The molecular formula is C14H14N4O3. The third-order valence-electron chi connectivity index (χ3n) is 3.34. The highest BCUT2D eigenvalue weighted by Crippen LogP contribution is 2.13. The molecule has 0 amide bonds. The van der Waals surface area contributed by atoms with Crippen LogP contribution in [0.5, 0.6) is 0 Å². The third-order valence-corrected chi connectivity index (χ3v) is 3.34. The van der Waals surface area contributed by atoms with E-state index in [0.717, 1.165) is 5.56 Å². The van der Waals surface area contributed by atoms with Gasteiger partial charge in [-0.25, -0.2) is 9.59 Å². The van der Waals surface area contributed by atoms with Crippen LogP contribution in [0.25, 0.3) is 11.0 Å². The minimum Gasteiger partial charge on any atom is -0.478 e. The number of aromatic carboxylic acids is 1. The van der Waals surface area contributed by atoms with Gasteiger partial charge < -0.3 is 10.1 Å². The van der Waals surface area contributed by atoms with E-state index < -0.39 is 5.97 Å². The zero-order chi connectivity index (χ0) is 15.0. The second-order valence-corrected chi connectivity index (χ2v) is 4.90. The lowest BCUT2D eigenvalue weighted by Crippen LogP contribution is -2.19. The molecule has 3 aromatic rings. The van der Waals surface area contributed by atoms with Gasteiger partial charge in [-0.15, -0.1) is 0 Å². The molecule has 0 aliphatic rings. The number of nitrogens with zero attached hydrogens (tertiary/aromatic N) is 3. The average Bonchev–Trinajstić information content (AvgIpc) is 2.98. The molecule has 2 heterocycles. The van der Waals surface area contributed by atoms with Crippen molar-refractivity contribution >= 4 is 17.0 Å². The Hall–Kier alpha value is -2.83. The normalized spacial score (nSPS) is 11.1. The molecule has 0 spiro atoms. The summed E-state index contributed by atoms with van der Waals surface area (Å²) in [6.07, 6.45) is 3.67. The second-order valence-electron chi connectivity index (χ2n) is 4.90. The molecular weight excluding hydrogens is 272 g/mol. The van der Waals surface area contributed by atoms with Gasteiger partial charge in [0.15, 0.2) is 0 Å². The summed E-state index contributed by atoms with van der Waals surface area (Å²) in [4.78, 5) is 25.6. The Morgan fingerprint density at radius 1 is 1.38 bits per heavy atom.